The zero-order valence-electron chi connectivity index (χ0n) is 10.0. The first kappa shape index (κ1) is 12.6. The van der Waals surface area contributed by atoms with E-state index < -0.39 is 12.2 Å². The molecule has 0 aliphatic carbocycles. The van der Waals surface area contributed by atoms with Gasteiger partial charge in [-0.25, -0.2) is 4.39 Å². The predicted octanol–water partition coefficient (Wildman–Crippen LogP) is 4.15. The second kappa shape index (κ2) is 4.94. The van der Waals surface area contributed by atoms with E-state index in [0.717, 1.165) is 10.0 Å². The highest BCUT2D eigenvalue weighted by Gasteiger charge is 2.29. The number of benzene rings is 2. The van der Waals surface area contributed by atoms with Crippen molar-refractivity contribution < 1.29 is 14.2 Å². The third kappa shape index (κ3) is 2.38. The first-order valence-electron chi connectivity index (χ1n) is 6.04. The fraction of sp³-hybridized carbons (Fsp3) is 0.200. The van der Waals surface area contributed by atoms with E-state index in [0.29, 0.717) is 17.7 Å². The normalized spacial score (nSPS) is 21.6. The maximum atomic E-state index is 13.9. The molecule has 98 valence electrons. The third-order valence-electron chi connectivity index (χ3n) is 3.29. The van der Waals surface area contributed by atoms with E-state index in [9.17, 15) is 9.50 Å². The molecule has 2 aromatic rings. The van der Waals surface area contributed by atoms with E-state index in [-0.39, 0.29) is 5.82 Å². The van der Waals surface area contributed by atoms with Gasteiger partial charge in [-0.1, -0.05) is 34.1 Å². The standard InChI is InChI=1S/C15H12BrFO2/c16-9-5-6-12(17)11(7-9)15-8-13(18)10-3-1-2-4-14(10)19-15/h1-7,13,15,18H,8H2/t13-,15?/m1/s1. The number of aliphatic hydroxyl groups is 1. The summed E-state index contributed by atoms with van der Waals surface area (Å²) in [5.41, 5.74) is 1.22. The number of aliphatic hydroxyl groups excluding tert-OH is 1. The fourth-order valence-electron chi connectivity index (χ4n) is 2.35. The summed E-state index contributed by atoms with van der Waals surface area (Å²) in [7, 11) is 0. The van der Waals surface area contributed by atoms with Gasteiger partial charge >= 0.3 is 0 Å². The third-order valence-corrected chi connectivity index (χ3v) is 3.78. The van der Waals surface area contributed by atoms with Crippen LogP contribution in [0.1, 0.15) is 29.8 Å². The molecule has 1 N–H and O–H groups in total. The number of para-hydroxylation sites is 1. The minimum Gasteiger partial charge on any atom is -0.485 e. The largest absolute Gasteiger partial charge is 0.485 e. The maximum absolute atomic E-state index is 13.9. The number of ether oxygens (including phenoxy) is 1. The molecule has 0 spiro atoms. The molecule has 0 fully saturated rings. The first-order chi connectivity index (χ1) is 9.15. The Balaban J connectivity index is 1.99. The zero-order chi connectivity index (χ0) is 13.4. The van der Waals surface area contributed by atoms with Gasteiger partial charge in [0.2, 0.25) is 0 Å². The van der Waals surface area contributed by atoms with Crippen molar-refractivity contribution in [1.29, 1.82) is 0 Å². The molecule has 0 radical (unpaired) electrons. The van der Waals surface area contributed by atoms with Gasteiger partial charge in [-0.05, 0) is 24.3 Å². The minimum absolute atomic E-state index is 0.320. The number of hydrogen-bond acceptors (Lipinski definition) is 2. The number of fused-ring (bicyclic) bond motifs is 1. The Morgan fingerprint density at radius 3 is 2.79 bits per heavy atom. The van der Waals surface area contributed by atoms with E-state index in [1.807, 2.05) is 18.2 Å². The van der Waals surface area contributed by atoms with Crippen molar-refractivity contribution in [2.45, 2.75) is 18.6 Å². The summed E-state index contributed by atoms with van der Waals surface area (Å²) >= 11 is 3.33. The molecule has 1 aliphatic rings. The highest BCUT2D eigenvalue weighted by Crippen LogP contribution is 2.41. The van der Waals surface area contributed by atoms with Gasteiger partial charge in [0.25, 0.3) is 0 Å². The van der Waals surface area contributed by atoms with Gasteiger partial charge in [0.15, 0.2) is 0 Å². The molecule has 19 heavy (non-hydrogen) atoms. The highest BCUT2D eigenvalue weighted by molar-refractivity contribution is 9.10. The van der Waals surface area contributed by atoms with Crippen LogP contribution in [0.2, 0.25) is 0 Å². The predicted molar refractivity (Wildman–Crippen MR) is 73.5 cm³/mol. The van der Waals surface area contributed by atoms with Crippen LogP contribution in [-0.2, 0) is 0 Å². The Morgan fingerprint density at radius 1 is 1.16 bits per heavy atom. The molecule has 1 heterocycles. The van der Waals surface area contributed by atoms with Crippen LogP contribution in [0.4, 0.5) is 4.39 Å². The van der Waals surface area contributed by atoms with E-state index in [2.05, 4.69) is 15.9 Å². The molecule has 2 aromatic carbocycles. The van der Waals surface area contributed by atoms with Gasteiger partial charge in [0.05, 0.1) is 6.10 Å². The molecular weight excluding hydrogens is 311 g/mol. The van der Waals surface area contributed by atoms with Gasteiger partial charge in [-0.2, -0.15) is 0 Å². The van der Waals surface area contributed by atoms with Crippen molar-refractivity contribution >= 4 is 15.9 Å². The molecular formula is C15H12BrFO2. The van der Waals surface area contributed by atoms with Crippen LogP contribution >= 0.6 is 15.9 Å². The maximum Gasteiger partial charge on any atom is 0.130 e. The summed E-state index contributed by atoms with van der Waals surface area (Å²) in [6, 6.07) is 12.0. The molecule has 0 aromatic heterocycles. The van der Waals surface area contributed by atoms with Crippen molar-refractivity contribution in [1.82, 2.24) is 0 Å². The molecule has 2 nitrogen and oxygen atoms in total. The van der Waals surface area contributed by atoms with Crippen molar-refractivity contribution in [3.8, 4) is 5.75 Å². The van der Waals surface area contributed by atoms with Crippen molar-refractivity contribution in [3.05, 3.63) is 63.9 Å². The van der Waals surface area contributed by atoms with Crippen molar-refractivity contribution in [2.75, 3.05) is 0 Å². The lowest BCUT2D eigenvalue weighted by molar-refractivity contribution is 0.0640. The topological polar surface area (TPSA) is 29.5 Å². The Kier molecular flexibility index (Phi) is 3.29. The highest BCUT2D eigenvalue weighted by atomic mass is 79.9. The summed E-state index contributed by atoms with van der Waals surface area (Å²) in [5, 5.41) is 10.1. The minimum atomic E-state index is -0.631. The van der Waals surface area contributed by atoms with Gasteiger partial charge < -0.3 is 9.84 Å². The van der Waals surface area contributed by atoms with Crippen LogP contribution in [0.3, 0.4) is 0 Å². The molecule has 0 amide bonds. The molecule has 0 saturated carbocycles. The first-order valence-corrected chi connectivity index (χ1v) is 6.83. The van der Waals surface area contributed by atoms with Gasteiger partial charge in [0.1, 0.15) is 17.7 Å². The molecule has 1 unspecified atom stereocenters. The monoisotopic (exact) mass is 322 g/mol. The Hall–Kier alpha value is -1.39. The molecule has 3 rings (SSSR count). The lowest BCUT2D eigenvalue weighted by atomic mass is 9.95. The average molecular weight is 323 g/mol. The van der Waals surface area contributed by atoms with Crippen LogP contribution < -0.4 is 4.74 Å². The van der Waals surface area contributed by atoms with Gasteiger partial charge in [-0.3, -0.25) is 0 Å². The van der Waals surface area contributed by atoms with Gasteiger partial charge in [-0.15, -0.1) is 0 Å². The smallest absolute Gasteiger partial charge is 0.130 e. The van der Waals surface area contributed by atoms with Crippen LogP contribution in [0.25, 0.3) is 0 Å². The van der Waals surface area contributed by atoms with Crippen molar-refractivity contribution in [2.24, 2.45) is 0 Å². The van der Waals surface area contributed by atoms with Crippen LogP contribution in [0.15, 0.2) is 46.9 Å². The van der Waals surface area contributed by atoms with Crippen molar-refractivity contribution in [3.63, 3.8) is 0 Å². The Bertz CT molecular complexity index is 615. The lowest BCUT2D eigenvalue weighted by Crippen LogP contribution is -2.19. The van der Waals surface area contributed by atoms with Crippen LogP contribution in [0.5, 0.6) is 5.75 Å². The fourth-order valence-corrected chi connectivity index (χ4v) is 2.72. The van der Waals surface area contributed by atoms with Crippen LogP contribution in [0, 0.1) is 5.82 Å². The Morgan fingerprint density at radius 2 is 1.95 bits per heavy atom. The summed E-state index contributed by atoms with van der Waals surface area (Å²) in [6.45, 7) is 0. The molecule has 1 aliphatic heterocycles. The SMILES string of the molecule is O[C@@H]1CC(c2cc(Br)ccc2F)Oc2ccccc21. The summed E-state index contributed by atoms with van der Waals surface area (Å²) < 4.78 is 20.5. The Labute approximate surface area is 119 Å². The van der Waals surface area contributed by atoms with Gasteiger partial charge in [0, 0.05) is 22.0 Å². The molecule has 0 bridgehead atoms. The van der Waals surface area contributed by atoms with E-state index in [4.69, 9.17) is 4.74 Å². The second-order valence-corrected chi connectivity index (χ2v) is 5.48. The second-order valence-electron chi connectivity index (χ2n) is 4.56. The number of halogens is 2. The van der Waals surface area contributed by atoms with E-state index in [1.54, 1.807) is 18.2 Å². The molecule has 4 heteroatoms. The molecule has 0 saturated heterocycles. The summed E-state index contributed by atoms with van der Waals surface area (Å²) in [6.07, 6.45) is -0.750. The zero-order valence-corrected chi connectivity index (χ0v) is 11.6. The summed E-state index contributed by atoms with van der Waals surface area (Å²) in [4.78, 5) is 0. The van der Waals surface area contributed by atoms with Crippen LogP contribution in [-0.4, -0.2) is 5.11 Å². The quantitative estimate of drug-likeness (QED) is 0.854. The van der Waals surface area contributed by atoms with E-state index in [1.165, 1.54) is 6.07 Å². The van der Waals surface area contributed by atoms with E-state index >= 15 is 0 Å². The molecule has 2 atom stereocenters. The number of hydrogen-bond donors (Lipinski definition) is 1. The lowest BCUT2D eigenvalue weighted by Gasteiger charge is -2.30. The summed E-state index contributed by atoms with van der Waals surface area (Å²) in [5.74, 6) is 0.297. The average Bonchev–Trinajstić information content (AvgIpc) is 2.41. The number of rotatable bonds is 1.